The summed E-state index contributed by atoms with van der Waals surface area (Å²) in [4.78, 5) is 50.4. The number of imidazole rings is 1. The fourth-order valence-corrected chi connectivity index (χ4v) is 4.24. The number of hydrogen-bond donors (Lipinski definition) is 0. The molecule has 156 valence electrons. The van der Waals surface area contributed by atoms with Crippen molar-refractivity contribution in [2.75, 3.05) is 13.3 Å². The molecule has 0 bridgehead atoms. The van der Waals surface area contributed by atoms with Gasteiger partial charge in [0, 0.05) is 33.7 Å². The number of piperidine rings is 1. The Balaban J connectivity index is 1.87. The molecule has 8 nitrogen and oxygen atoms in total. The van der Waals surface area contributed by atoms with Gasteiger partial charge in [0.1, 0.15) is 19.1 Å². The van der Waals surface area contributed by atoms with Gasteiger partial charge in [0.15, 0.2) is 0 Å². The molecule has 1 aliphatic heterocycles. The number of rotatable bonds is 7. The second-order valence-corrected chi connectivity index (χ2v) is 14.3. The lowest BCUT2D eigenvalue weighted by Crippen LogP contribution is -2.48. The number of benzene rings is 1. The summed E-state index contributed by atoms with van der Waals surface area (Å²) >= 11 is 0. The van der Waals surface area contributed by atoms with Crippen LogP contribution in [-0.4, -0.2) is 53.5 Å². The van der Waals surface area contributed by atoms with Crippen molar-refractivity contribution in [1.29, 1.82) is 0 Å². The monoisotopic (exact) mass is 417 g/mol. The normalized spacial score (nSPS) is 17.9. The fourth-order valence-electron chi connectivity index (χ4n) is 3.49. The van der Waals surface area contributed by atoms with E-state index in [1.807, 2.05) is 0 Å². The first kappa shape index (κ1) is 21.2. The lowest BCUT2D eigenvalue weighted by Gasteiger charge is -2.31. The lowest BCUT2D eigenvalue weighted by molar-refractivity contribution is -0.157. The number of nitrogens with zero attached hydrogens (tertiary/aromatic N) is 3. The van der Waals surface area contributed by atoms with Crippen LogP contribution in [0.2, 0.25) is 25.7 Å². The van der Waals surface area contributed by atoms with E-state index in [2.05, 4.69) is 19.6 Å². The quantitative estimate of drug-likeness (QED) is 0.298. The van der Waals surface area contributed by atoms with Crippen molar-refractivity contribution < 1.29 is 19.1 Å². The first-order chi connectivity index (χ1) is 13.6. The largest absolute Gasteiger partial charge is 0.361 e. The topological polar surface area (TPSA) is 90.6 Å². The van der Waals surface area contributed by atoms with Crippen LogP contribution in [0, 0.1) is 0 Å². The molecule has 2 amide bonds. The second-order valence-electron chi connectivity index (χ2n) is 8.64. The van der Waals surface area contributed by atoms with E-state index < -0.39 is 20.0 Å². The van der Waals surface area contributed by atoms with Crippen molar-refractivity contribution in [3.63, 3.8) is 0 Å². The van der Waals surface area contributed by atoms with Crippen LogP contribution in [0.4, 0.5) is 0 Å². The molecule has 1 saturated heterocycles. The Morgan fingerprint density at radius 3 is 2.55 bits per heavy atom. The highest BCUT2D eigenvalue weighted by molar-refractivity contribution is 6.76. The zero-order valence-electron chi connectivity index (χ0n) is 17.3. The number of imide groups is 1. The van der Waals surface area contributed by atoms with Gasteiger partial charge in [-0.15, -0.1) is 0 Å². The van der Waals surface area contributed by atoms with Crippen LogP contribution in [0.25, 0.3) is 11.0 Å². The van der Waals surface area contributed by atoms with Crippen molar-refractivity contribution in [3.05, 3.63) is 34.2 Å². The number of hydrogen-bond acceptors (Lipinski definition) is 5. The summed E-state index contributed by atoms with van der Waals surface area (Å²) in [5, 5.41) is 0. The van der Waals surface area contributed by atoms with Gasteiger partial charge in [-0.1, -0.05) is 19.6 Å². The van der Waals surface area contributed by atoms with E-state index in [1.165, 1.54) is 9.13 Å². The molecule has 0 aliphatic carbocycles. The van der Waals surface area contributed by atoms with Gasteiger partial charge < -0.3 is 4.74 Å². The maximum absolute atomic E-state index is 13.1. The highest BCUT2D eigenvalue weighted by Crippen LogP contribution is 2.27. The predicted molar refractivity (Wildman–Crippen MR) is 112 cm³/mol. The summed E-state index contributed by atoms with van der Waals surface area (Å²) in [6.45, 7) is 7.10. The SMILES string of the molecule is Cn1c(=O)n(C2CCC(=O)N(COCC[Si](C)(C)C)C2=O)c2ccc(C=O)cc21. The molecule has 0 radical (unpaired) electrons. The van der Waals surface area contributed by atoms with Crippen molar-refractivity contribution in [3.8, 4) is 0 Å². The van der Waals surface area contributed by atoms with E-state index in [1.54, 1.807) is 25.2 Å². The first-order valence-corrected chi connectivity index (χ1v) is 13.4. The summed E-state index contributed by atoms with van der Waals surface area (Å²) in [5.74, 6) is -0.709. The van der Waals surface area contributed by atoms with Crippen molar-refractivity contribution in [1.82, 2.24) is 14.0 Å². The molecule has 3 rings (SSSR count). The molecule has 1 aromatic carbocycles. The van der Waals surface area contributed by atoms with Gasteiger partial charge in [0.05, 0.1) is 11.0 Å². The Hall–Kier alpha value is -2.52. The Kier molecular flexibility index (Phi) is 5.90. The second kappa shape index (κ2) is 8.07. The molecule has 1 aromatic heterocycles. The van der Waals surface area contributed by atoms with Gasteiger partial charge in [-0.3, -0.25) is 28.4 Å². The summed E-state index contributed by atoms with van der Waals surface area (Å²) in [6.07, 6.45) is 1.14. The van der Waals surface area contributed by atoms with Crippen LogP contribution >= 0.6 is 0 Å². The molecule has 2 heterocycles. The van der Waals surface area contributed by atoms with Crippen LogP contribution in [0.5, 0.6) is 0 Å². The van der Waals surface area contributed by atoms with Gasteiger partial charge in [-0.05, 0) is 30.7 Å². The highest BCUT2D eigenvalue weighted by atomic mass is 28.3. The van der Waals surface area contributed by atoms with Crippen LogP contribution in [0.15, 0.2) is 23.0 Å². The summed E-state index contributed by atoms with van der Waals surface area (Å²) < 4.78 is 8.46. The van der Waals surface area contributed by atoms with Gasteiger partial charge in [-0.25, -0.2) is 4.79 Å². The predicted octanol–water partition coefficient (Wildman–Crippen LogP) is 2.15. The molecule has 9 heteroatoms. The van der Waals surface area contributed by atoms with Crippen molar-refractivity contribution >= 4 is 37.2 Å². The molecule has 29 heavy (non-hydrogen) atoms. The number of aryl methyl sites for hydroxylation is 1. The number of carbonyl (C=O) groups is 3. The third-order valence-electron chi connectivity index (χ3n) is 5.26. The number of carbonyl (C=O) groups excluding carboxylic acids is 3. The highest BCUT2D eigenvalue weighted by Gasteiger charge is 2.37. The van der Waals surface area contributed by atoms with Crippen molar-refractivity contribution in [2.24, 2.45) is 7.05 Å². The number of aldehydes is 1. The Morgan fingerprint density at radius 2 is 1.90 bits per heavy atom. The number of aromatic nitrogens is 2. The minimum atomic E-state index is -1.27. The van der Waals surface area contributed by atoms with Gasteiger partial charge in [0.25, 0.3) is 5.91 Å². The lowest BCUT2D eigenvalue weighted by atomic mass is 10.0. The summed E-state index contributed by atoms with van der Waals surface area (Å²) in [6, 6.07) is 5.07. The molecule has 0 N–H and O–H groups in total. The number of amides is 2. The van der Waals surface area contributed by atoms with E-state index in [0.717, 1.165) is 10.9 Å². The number of likely N-dealkylation sites (tertiary alicyclic amines) is 1. The average molecular weight is 418 g/mol. The zero-order chi connectivity index (χ0) is 21.3. The Bertz CT molecular complexity index is 1020. The first-order valence-electron chi connectivity index (χ1n) is 9.72. The molecule has 1 aliphatic rings. The molecule has 0 saturated carbocycles. The maximum atomic E-state index is 13.1. The maximum Gasteiger partial charge on any atom is 0.329 e. The van der Waals surface area contributed by atoms with Crippen LogP contribution in [-0.2, 0) is 21.4 Å². The smallest absolute Gasteiger partial charge is 0.329 e. The van der Waals surface area contributed by atoms with Gasteiger partial charge in [-0.2, -0.15) is 0 Å². The number of ether oxygens (including phenoxy) is 1. The van der Waals surface area contributed by atoms with Crippen LogP contribution in [0.1, 0.15) is 29.2 Å². The fraction of sp³-hybridized carbons (Fsp3) is 0.500. The molecular weight excluding hydrogens is 390 g/mol. The Labute approximate surface area is 170 Å². The average Bonchev–Trinajstić information content (AvgIpc) is 2.91. The molecular formula is C20H27N3O5Si. The van der Waals surface area contributed by atoms with E-state index >= 15 is 0 Å². The van der Waals surface area contributed by atoms with Crippen LogP contribution in [0.3, 0.4) is 0 Å². The molecule has 1 unspecified atom stereocenters. The van der Waals surface area contributed by atoms with E-state index in [4.69, 9.17) is 4.74 Å². The van der Waals surface area contributed by atoms with Gasteiger partial charge in [0.2, 0.25) is 5.91 Å². The van der Waals surface area contributed by atoms with E-state index in [9.17, 15) is 19.2 Å². The third-order valence-corrected chi connectivity index (χ3v) is 6.97. The minimum absolute atomic E-state index is 0.0898. The summed E-state index contributed by atoms with van der Waals surface area (Å²) in [5.41, 5.74) is 1.24. The molecule has 0 spiro atoms. The standard InChI is InChI=1S/C20H27N3O5Si/c1-21-17-11-14(12-24)5-6-15(17)23(20(21)27)16-7-8-18(25)22(19(16)26)13-28-9-10-29(2,3)4/h5-6,11-12,16H,7-10,13H2,1-4H3. The summed E-state index contributed by atoms with van der Waals surface area (Å²) in [7, 11) is 0.329. The van der Waals surface area contributed by atoms with Crippen LogP contribution < -0.4 is 5.69 Å². The van der Waals surface area contributed by atoms with Gasteiger partial charge >= 0.3 is 5.69 Å². The third kappa shape index (κ3) is 4.25. The molecule has 1 atom stereocenters. The van der Waals surface area contributed by atoms with E-state index in [-0.39, 0.29) is 31.2 Å². The zero-order valence-corrected chi connectivity index (χ0v) is 18.3. The minimum Gasteiger partial charge on any atom is -0.361 e. The van der Waals surface area contributed by atoms with E-state index in [0.29, 0.717) is 29.5 Å². The molecule has 1 fully saturated rings. The molecule has 2 aromatic rings. The Morgan fingerprint density at radius 1 is 1.17 bits per heavy atom. The van der Waals surface area contributed by atoms with Crippen molar-refractivity contribution in [2.45, 2.75) is 44.6 Å². The number of fused-ring (bicyclic) bond motifs is 1.